The van der Waals surface area contributed by atoms with Crippen LogP contribution in [0.25, 0.3) is 5.65 Å². The highest BCUT2D eigenvalue weighted by molar-refractivity contribution is 6.04. The molecule has 0 unspecified atom stereocenters. The van der Waals surface area contributed by atoms with Crippen LogP contribution < -0.4 is 10.1 Å². The van der Waals surface area contributed by atoms with Gasteiger partial charge in [0, 0.05) is 11.9 Å². The van der Waals surface area contributed by atoms with Crippen LogP contribution in [0.1, 0.15) is 61.3 Å². The van der Waals surface area contributed by atoms with Gasteiger partial charge in [-0.3, -0.25) is 9.20 Å². The van der Waals surface area contributed by atoms with Gasteiger partial charge in [0.05, 0.1) is 12.3 Å². The van der Waals surface area contributed by atoms with Crippen molar-refractivity contribution in [2.45, 2.75) is 52.9 Å². The van der Waals surface area contributed by atoms with Crippen LogP contribution in [0.3, 0.4) is 0 Å². The summed E-state index contributed by atoms with van der Waals surface area (Å²) in [6, 6.07) is 11.5. The van der Waals surface area contributed by atoms with E-state index in [4.69, 9.17) is 4.74 Å². The Morgan fingerprint density at radius 2 is 1.86 bits per heavy atom. The van der Waals surface area contributed by atoms with Crippen LogP contribution >= 0.6 is 0 Å². The summed E-state index contributed by atoms with van der Waals surface area (Å²) in [7, 11) is 0. The summed E-state index contributed by atoms with van der Waals surface area (Å²) in [6.07, 6.45) is 7.39. The SMILES string of the molecule is CCCCCCOc1ccc(NC(=O)c2c(CC)nc3ccc(C)cn23)cc1. The number of aryl methyl sites for hydroxylation is 2. The van der Waals surface area contributed by atoms with E-state index in [1.165, 1.54) is 19.3 Å². The number of amides is 1. The third-order valence-electron chi connectivity index (χ3n) is 4.77. The summed E-state index contributed by atoms with van der Waals surface area (Å²) in [6.45, 7) is 6.95. The third-order valence-corrected chi connectivity index (χ3v) is 4.77. The van der Waals surface area contributed by atoms with Gasteiger partial charge in [0.1, 0.15) is 17.1 Å². The van der Waals surface area contributed by atoms with Crippen LogP contribution in [0.15, 0.2) is 42.6 Å². The molecule has 3 rings (SSSR count). The smallest absolute Gasteiger partial charge is 0.274 e. The molecule has 0 aliphatic rings. The minimum absolute atomic E-state index is 0.150. The summed E-state index contributed by atoms with van der Waals surface area (Å²) < 4.78 is 7.64. The normalized spacial score (nSPS) is 11.0. The lowest BCUT2D eigenvalue weighted by Gasteiger charge is -2.09. The molecule has 1 N–H and O–H groups in total. The van der Waals surface area contributed by atoms with E-state index in [0.717, 1.165) is 41.4 Å². The van der Waals surface area contributed by atoms with Crippen molar-refractivity contribution in [1.82, 2.24) is 9.38 Å². The van der Waals surface area contributed by atoms with Gasteiger partial charge in [-0.15, -0.1) is 0 Å². The van der Waals surface area contributed by atoms with E-state index in [2.05, 4.69) is 17.2 Å². The number of imidazole rings is 1. The topological polar surface area (TPSA) is 55.6 Å². The van der Waals surface area contributed by atoms with Gasteiger partial charge in [-0.1, -0.05) is 39.2 Å². The zero-order chi connectivity index (χ0) is 19.9. The molecular formula is C23H29N3O2. The number of nitrogens with zero attached hydrogens (tertiary/aromatic N) is 2. The van der Waals surface area contributed by atoms with E-state index in [1.54, 1.807) is 0 Å². The number of carbonyl (C=O) groups excluding carboxylic acids is 1. The molecule has 1 amide bonds. The molecule has 0 aliphatic heterocycles. The highest BCUT2D eigenvalue weighted by atomic mass is 16.5. The van der Waals surface area contributed by atoms with Crippen LogP contribution in [0.2, 0.25) is 0 Å². The highest BCUT2D eigenvalue weighted by Crippen LogP contribution is 2.19. The number of carbonyl (C=O) groups is 1. The quantitative estimate of drug-likeness (QED) is 0.505. The maximum atomic E-state index is 12.9. The first-order valence-electron chi connectivity index (χ1n) is 10.1. The lowest BCUT2D eigenvalue weighted by Crippen LogP contribution is -2.16. The van der Waals surface area contributed by atoms with Crippen LogP contribution in [-0.2, 0) is 6.42 Å². The molecule has 0 bridgehead atoms. The van der Waals surface area contributed by atoms with E-state index in [-0.39, 0.29) is 5.91 Å². The second-order valence-corrected chi connectivity index (χ2v) is 7.08. The zero-order valence-corrected chi connectivity index (χ0v) is 17.0. The summed E-state index contributed by atoms with van der Waals surface area (Å²) in [5.74, 6) is 0.678. The largest absolute Gasteiger partial charge is 0.494 e. The van der Waals surface area contributed by atoms with E-state index in [9.17, 15) is 4.79 Å². The van der Waals surface area contributed by atoms with E-state index in [1.807, 2.05) is 60.8 Å². The number of rotatable bonds is 9. The van der Waals surface area contributed by atoms with Crippen molar-refractivity contribution in [2.24, 2.45) is 0 Å². The number of pyridine rings is 1. The number of unbranched alkanes of at least 4 members (excludes halogenated alkanes) is 3. The predicted molar refractivity (Wildman–Crippen MR) is 113 cm³/mol. The first-order valence-corrected chi connectivity index (χ1v) is 10.1. The molecule has 0 saturated carbocycles. The summed E-state index contributed by atoms with van der Waals surface area (Å²) in [5, 5.41) is 2.99. The monoisotopic (exact) mass is 379 g/mol. The van der Waals surface area contributed by atoms with Crippen LogP contribution in [-0.4, -0.2) is 21.9 Å². The van der Waals surface area contributed by atoms with Crippen LogP contribution in [0.5, 0.6) is 5.75 Å². The second-order valence-electron chi connectivity index (χ2n) is 7.08. The van der Waals surface area contributed by atoms with Crippen molar-refractivity contribution in [3.05, 3.63) is 59.5 Å². The Hall–Kier alpha value is -2.82. The van der Waals surface area contributed by atoms with Crippen molar-refractivity contribution >= 4 is 17.2 Å². The third kappa shape index (κ3) is 4.71. The van der Waals surface area contributed by atoms with Crippen molar-refractivity contribution in [2.75, 3.05) is 11.9 Å². The number of hydrogen-bond donors (Lipinski definition) is 1. The minimum atomic E-state index is -0.150. The molecule has 148 valence electrons. The number of anilines is 1. The summed E-state index contributed by atoms with van der Waals surface area (Å²) in [4.78, 5) is 17.5. The number of ether oxygens (including phenoxy) is 1. The molecule has 1 aromatic carbocycles. The molecule has 0 atom stereocenters. The van der Waals surface area contributed by atoms with Crippen molar-refractivity contribution < 1.29 is 9.53 Å². The molecule has 5 heteroatoms. The first-order chi connectivity index (χ1) is 13.6. The molecule has 5 nitrogen and oxygen atoms in total. The van der Waals surface area contributed by atoms with Gasteiger partial charge in [-0.2, -0.15) is 0 Å². The van der Waals surface area contributed by atoms with Gasteiger partial charge in [0.25, 0.3) is 5.91 Å². The number of nitrogens with one attached hydrogen (secondary N) is 1. The average Bonchev–Trinajstić information content (AvgIpc) is 3.07. The molecule has 28 heavy (non-hydrogen) atoms. The fourth-order valence-corrected chi connectivity index (χ4v) is 3.23. The van der Waals surface area contributed by atoms with E-state index in [0.29, 0.717) is 12.1 Å². The summed E-state index contributed by atoms with van der Waals surface area (Å²) >= 11 is 0. The lowest BCUT2D eigenvalue weighted by molar-refractivity contribution is 0.102. The highest BCUT2D eigenvalue weighted by Gasteiger charge is 2.18. The Labute approximate surface area is 166 Å². The van der Waals surface area contributed by atoms with Gasteiger partial charge < -0.3 is 10.1 Å². The molecule has 0 saturated heterocycles. The standard InChI is InChI=1S/C23H29N3O2/c1-4-6-7-8-15-28-19-12-10-18(11-13-19)24-23(27)22-20(5-2)25-21-14-9-17(3)16-26(21)22/h9-14,16H,4-8,15H2,1-3H3,(H,24,27). The Bertz CT molecular complexity index is 929. The Balaban J connectivity index is 1.68. The molecule has 0 fully saturated rings. The fourth-order valence-electron chi connectivity index (χ4n) is 3.23. The maximum absolute atomic E-state index is 12.9. The van der Waals surface area contributed by atoms with E-state index < -0.39 is 0 Å². The molecular weight excluding hydrogens is 350 g/mol. The lowest BCUT2D eigenvalue weighted by atomic mass is 10.2. The van der Waals surface area contributed by atoms with Crippen molar-refractivity contribution in [1.29, 1.82) is 0 Å². The molecule has 2 heterocycles. The minimum Gasteiger partial charge on any atom is -0.494 e. The Morgan fingerprint density at radius 1 is 1.07 bits per heavy atom. The van der Waals surface area contributed by atoms with Gasteiger partial charge >= 0.3 is 0 Å². The second kappa shape index (κ2) is 9.40. The number of fused-ring (bicyclic) bond motifs is 1. The number of benzene rings is 1. The average molecular weight is 380 g/mol. The molecule has 0 radical (unpaired) electrons. The van der Waals surface area contributed by atoms with Crippen molar-refractivity contribution in [3.8, 4) is 5.75 Å². The van der Waals surface area contributed by atoms with Gasteiger partial charge in [0.15, 0.2) is 0 Å². The first kappa shape index (κ1) is 19.9. The maximum Gasteiger partial charge on any atom is 0.274 e. The van der Waals surface area contributed by atoms with Crippen LogP contribution in [0.4, 0.5) is 5.69 Å². The van der Waals surface area contributed by atoms with E-state index >= 15 is 0 Å². The number of hydrogen-bond acceptors (Lipinski definition) is 3. The molecule has 3 aromatic rings. The number of aromatic nitrogens is 2. The predicted octanol–water partition coefficient (Wildman–Crippen LogP) is 5.42. The van der Waals surface area contributed by atoms with Gasteiger partial charge in [-0.05, 0) is 55.7 Å². The molecule has 2 aromatic heterocycles. The fraction of sp³-hybridized carbons (Fsp3) is 0.391. The Morgan fingerprint density at radius 3 is 2.57 bits per heavy atom. The van der Waals surface area contributed by atoms with Gasteiger partial charge in [-0.25, -0.2) is 4.98 Å². The zero-order valence-electron chi connectivity index (χ0n) is 17.0. The molecule has 0 spiro atoms. The van der Waals surface area contributed by atoms with Crippen molar-refractivity contribution in [3.63, 3.8) is 0 Å². The summed E-state index contributed by atoms with van der Waals surface area (Å²) in [5.41, 5.74) is 4.02. The molecule has 0 aliphatic carbocycles. The van der Waals surface area contributed by atoms with Gasteiger partial charge in [0.2, 0.25) is 0 Å². The van der Waals surface area contributed by atoms with Crippen LogP contribution in [0, 0.1) is 6.92 Å². The Kier molecular flexibility index (Phi) is 6.69.